The van der Waals surface area contributed by atoms with Crippen molar-refractivity contribution in [3.05, 3.63) is 63.4 Å². The normalized spacial score (nSPS) is 16.7. The summed E-state index contributed by atoms with van der Waals surface area (Å²) in [5.41, 5.74) is 2.68. The van der Waals surface area contributed by atoms with Crippen LogP contribution < -0.4 is 15.4 Å². The molecule has 41 heavy (non-hydrogen) atoms. The van der Waals surface area contributed by atoms with Crippen LogP contribution in [0.3, 0.4) is 0 Å². The van der Waals surface area contributed by atoms with Crippen LogP contribution in [-0.2, 0) is 16.1 Å². The van der Waals surface area contributed by atoms with Crippen molar-refractivity contribution >= 4 is 41.0 Å². The average molecular weight is 601 g/mol. The fraction of sp³-hybridized carbons (Fsp3) is 0.393. The van der Waals surface area contributed by atoms with Gasteiger partial charge in [-0.05, 0) is 37.5 Å². The lowest BCUT2D eigenvalue weighted by Crippen LogP contribution is -2.47. The van der Waals surface area contributed by atoms with Crippen LogP contribution in [0.1, 0.15) is 47.4 Å². The summed E-state index contributed by atoms with van der Waals surface area (Å²) in [7, 11) is 1.46. The molecule has 0 bridgehead atoms. The number of hydrogen-bond acceptors (Lipinski definition) is 9. The number of ether oxygens (including phenoxy) is 2. The molecular formula is C28H30Cl2N6O5. The summed E-state index contributed by atoms with van der Waals surface area (Å²) < 4.78 is 10.6. The molecule has 1 aromatic carbocycles. The highest BCUT2D eigenvalue weighted by atomic mass is 35.5. The molecule has 0 aliphatic carbocycles. The molecule has 2 aliphatic heterocycles. The Bertz CT molecular complexity index is 1450. The average Bonchev–Trinajstić information content (AvgIpc) is 3.32. The molecule has 2 aliphatic rings. The number of hydrogen-bond donors (Lipinski definition) is 3. The zero-order chi connectivity index (χ0) is 29.1. The third kappa shape index (κ3) is 6.23. The van der Waals surface area contributed by atoms with E-state index in [1.165, 1.54) is 12.0 Å². The number of anilines is 1. The summed E-state index contributed by atoms with van der Waals surface area (Å²) in [5.74, 6) is -0.0115. The lowest BCUT2D eigenvalue weighted by Gasteiger charge is -2.26. The predicted molar refractivity (Wildman–Crippen MR) is 153 cm³/mol. The number of amides is 2. The molecule has 1 saturated heterocycles. The number of pyridine rings is 1. The van der Waals surface area contributed by atoms with Gasteiger partial charge >= 0.3 is 0 Å². The van der Waals surface area contributed by atoms with Gasteiger partial charge in [0.05, 0.1) is 47.4 Å². The second-order valence-corrected chi connectivity index (χ2v) is 10.7. The lowest BCUT2D eigenvalue weighted by atomic mass is 10.0. The Morgan fingerprint density at radius 3 is 2.71 bits per heavy atom. The van der Waals surface area contributed by atoms with Crippen molar-refractivity contribution in [3.8, 4) is 17.1 Å². The SMILES string of the molecule is COc1ccc(Cl)c([C@@H](CO)NC(=O)[C@@H](C)N2Cc3ccc(-c4nc(NC5CCOCC5)ncc4Cl)cc3C2=O)n1. The van der Waals surface area contributed by atoms with Gasteiger partial charge in [0.25, 0.3) is 5.91 Å². The molecule has 2 aromatic heterocycles. The van der Waals surface area contributed by atoms with Gasteiger partial charge in [-0.2, -0.15) is 0 Å². The second kappa shape index (κ2) is 12.6. The number of benzene rings is 1. The topological polar surface area (TPSA) is 139 Å². The first kappa shape index (κ1) is 29.0. The minimum atomic E-state index is -0.886. The van der Waals surface area contributed by atoms with Gasteiger partial charge in [0.2, 0.25) is 17.7 Å². The van der Waals surface area contributed by atoms with Gasteiger partial charge in [-0.15, -0.1) is 0 Å². The molecule has 2 amide bonds. The van der Waals surface area contributed by atoms with E-state index in [1.807, 2.05) is 12.1 Å². The van der Waals surface area contributed by atoms with E-state index in [9.17, 15) is 14.7 Å². The number of halogens is 2. The minimum Gasteiger partial charge on any atom is -0.481 e. The van der Waals surface area contributed by atoms with E-state index in [1.54, 1.807) is 31.3 Å². The highest BCUT2D eigenvalue weighted by Crippen LogP contribution is 2.33. The van der Waals surface area contributed by atoms with Gasteiger partial charge in [-0.3, -0.25) is 9.59 Å². The van der Waals surface area contributed by atoms with Crippen LogP contribution in [-0.4, -0.2) is 75.8 Å². The summed E-state index contributed by atoms with van der Waals surface area (Å²) in [5, 5.41) is 16.7. The summed E-state index contributed by atoms with van der Waals surface area (Å²) in [6.45, 7) is 2.80. The number of aliphatic hydroxyl groups is 1. The van der Waals surface area contributed by atoms with E-state index in [0.717, 1.165) is 18.4 Å². The third-order valence-corrected chi connectivity index (χ3v) is 7.84. The highest BCUT2D eigenvalue weighted by Gasteiger charge is 2.35. The van der Waals surface area contributed by atoms with Gasteiger partial charge in [0.15, 0.2) is 0 Å². The molecular weight excluding hydrogens is 571 g/mol. The number of carbonyl (C=O) groups is 2. The number of rotatable bonds is 9. The number of nitrogens with one attached hydrogen (secondary N) is 2. The molecule has 0 saturated carbocycles. The van der Waals surface area contributed by atoms with Crippen LogP contribution in [0.5, 0.6) is 5.88 Å². The van der Waals surface area contributed by atoms with Crippen molar-refractivity contribution < 1.29 is 24.2 Å². The summed E-state index contributed by atoms with van der Waals surface area (Å²) >= 11 is 12.7. The Morgan fingerprint density at radius 1 is 1.20 bits per heavy atom. The Kier molecular flexibility index (Phi) is 8.88. The Hall–Kier alpha value is -3.51. The molecule has 1 fully saturated rings. The largest absolute Gasteiger partial charge is 0.481 e. The van der Waals surface area contributed by atoms with Crippen LogP contribution in [0.4, 0.5) is 5.95 Å². The standard InChI is InChI=1S/C28H30Cl2N6O5/c1-15(26(38)33-22(14-37)25-20(29)5-6-23(34-25)40-2)36-13-17-4-3-16(11-19(17)27(36)39)24-21(30)12-31-28(35-24)32-18-7-9-41-10-8-18/h3-6,11-12,15,18,22,37H,7-10,13-14H2,1-2H3,(H,33,38)(H,31,32,35)/t15-,22-/m1/s1. The van der Waals surface area contributed by atoms with Crippen molar-refractivity contribution in [3.63, 3.8) is 0 Å². The zero-order valence-corrected chi connectivity index (χ0v) is 24.1. The van der Waals surface area contributed by atoms with Gasteiger partial charge in [0.1, 0.15) is 6.04 Å². The maximum absolute atomic E-state index is 13.5. The van der Waals surface area contributed by atoms with Gasteiger partial charge in [0, 0.05) is 43.0 Å². The van der Waals surface area contributed by atoms with E-state index < -0.39 is 24.6 Å². The van der Waals surface area contributed by atoms with Crippen LogP contribution in [0, 0.1) is 0 Å². The van der Waals surface area contributed by atoms with Gasteiger partial charge in [-0.25, -0.2) is 15.0 Å². The van der Waals surface area contributed by atoms with Crippen molar-refractivity contribution in [2.24, 2.45) is 0 Å². The Balaban J connectivity index is 1.31. The molecule has 0 radical (unpaired) electrons. The maximum Gasteiger partial charge on any atom is 0.255 e. The maximum atomic E-state index is 13.5. The number of aromatic nitrogens is 3. The van der Waals surface area contributed by atoms with Crippen molar-refractivity contribution in [2.45, 2.75) is 44.4 Å². The first-order valence-corrected chi connectivity index (χ1v) is 14.0. The molecule has 216 valence electrons. The van der Waals surface area contributed by atoms with Crippen molar-refractivity contribution in [1.82, 2.24) is 25.2 Å². The van der Waals surface area contributed by atoms with Crippen LogP contribution in [0.15, 0.2) is 36.5 Å². The van der Waals surface area contributed by atoms with E-state index in [0.29, 0.717) is 46.9 Å². The van der Waals surface area contributed by atoms with E-state index in [4.69, 9.17) is 32.7 Å². The first-order chi connectivity index (χ1) is 19.8. The number of fused-ring (bicyclic) bond motifs is 1. The van der Waals surface area contributed by atoms with E-state index in [-0.39, 0.29) is 29.2 Å². The number of nitrogens with zero attached hydrogens (tertiary/aromatic N) is 4. The summed E-state index contributed by atoms with van der Waals surface area (Å²) in [6.07, 6.45) is 3.26. The Morgan fingerprint density at radius 2 is 1.98 bits per heavy atom. The quantitative estimate of drug-likeness (QED) is 0.336. The monoisotopic (exact) mass is 600 g/mol. The number of aliphatic hydroxyl groups excluding tert-OH is 1. The third-order valence-electron chi connectivity index (χ3n) is 7.25. The molecule has 3 N–H and O–H groups in total. The van der Waals surface area contributed by atoms with E-state index in [2.05, 4.69) is 25.6 Å². The van der Waals surface area contributed by atoms with Gasteiger partial charge < -0.3 is 30.1 Å². The highest BCUT2D eigenvalue weighted by molar-refractivity contribution is 6.33. The fourth-order valence-corrected chi connectivity index (χ4v) is 5.32. The second-order valence-electron chi connectivity index (χ2n) is 9.87. The van der Waals surface area contributed by atoms with Gasteiger partial charge in [-0.1, -0.05) is 35.3 Å². The summed E-state index contributed by atoms with van der Waals surface area (Å²) in [6, 6.07) is 7.08. The molecule has 2 atom stereocenters. The summed E-state index contributed by atoms with van der Waals surface area (Å²) in [4.78, 5) is 41.3. The fourth-order valence-electron chi connectivity index (χ4n) is 4.88. The van der Waals surface area contributed by atoms with Crippen LogP contribution in [0.2, 0.25) is 10.0 Å². The van der Waals surface area contributed by atoms with Crippen LogP contribution in [0.25, 0.3) is 11.3 Å². The van der Waals surface area contributed by atoms with Crippen molar-refractivity contribution in [1.29, 1.82) is 0 Å². The Labute approximate surface area is 247 Å². The van der Waals surface area contributed by atoms with E-state index >= 15 is 0 Å². The lowest BCUT2D eigenvalue weighted by molar-refractivity contribution is -0.126. The molecule has 13 heteroatoms. The van der Waals surface area contributed by atoms with Crippen molar-refractivity contribution in [2.75, 3.05) is 32.2 Å². The molecule has 0 unspecified atom stereocenters. The predicted octanol–water partition coefficient (Wildman–Crippen LogP) is 3.64. The number of carbonyl (C=O) groups excluding carboxylic acids is 2. The first-order valence-electron chi connectivity index (χ1n) is 13.2. The molecule has 3 aromatic rings. The zero-order valence-electron chi connectivity index (χ0n) is 22.6. The molecule has 11 nitrogen and oxygen atoms in total. The molecule has 4 heterocycles. The smallest absolute Gasteiger partial charge is 0.255 e. The minimum absolute atomic E-state index is 0.210. The van der Waals surface area contributed by atoms with Crippen LogP contribution >= 0.6 is 23.2 Å². The number of methoxy groups -OCH3 is 1. The molecule has 0 spiro atoms. The molecule has 5 rings (SSSR count).